The van der Waals surface area contributed by atoms with Crippen molar-refractivity contribution >= 4 is 0 Å². The number of fused-ring (bicyclic) bond motifs is 1. The zero-order valence-corrected chi connectivity index (χ0v) is 16.7. The molecule has 1 aliphatic heterocycles. The van der Waals surface area contributed by atoms with Crippen LogP contribution in [-0.2, 0) is 32.2 Å². The molecule has 4 rings (SSSR count). The van der Waals surface area contributed by atoms with Crippen LogP contribution in [0.4, 0.5) is 0 Å². The van der Waals surface area contributed by atoms with Crippen molar-refractivity contribution < 1.29 is 29.2 Å². The number of ether oxygens (including phenoxy) is 4. The van der Waals surface area contributed by atoms with Gasteiger partial charge in [0.15, 0.2) is 5.79 Å². The lowest BCUT2D eigenvalue weighted by atomic mass is 9.84. The highest BCUT2D eigenvalue weighted by Crippen LogP contribution is 2.40. The van der Waals surface area contributed by atoms with E-state index in [-0.39, 0.29) is 0 Å². The first-order chi connectivity index (χ1) is 13.9. The van der Waals surface area contributed by atoms with Crippen LogP contribution >= 0.6 is 0 Å². The number of aliphatic hydroxyl groups excluding tert-OH is 2. The molecule has 6 atom stereocenters. The van der Waals surface area contributed by atoms with Crippen LogP contribution in [0.1, 0.15) is 25.0 Å². The molecule has 2 fully saturated rings. The standard InChI is InChI=1S/C23H28O6/c1-23(2)28-21-19(26-13-15-9-5-3-6-10-15)17(24)18(25)20(22(21)29-23)27-14-16-11-7-4-8-12-16/h3-12,17-22,24-25H,13-14H2,1-2H3/t17-,18-,19-,20-,21-,22+/m1/s1. The van der Waals surface area contributed by atoms with Crippen molar-refractivity contribution in [2.45, 2.75) is 69.5 Å². The lowest BCUT2D eigenvalue weighted by Crippen LogP contribution is -2.63. The van der Waals surface area contributed by atoms with Crippen LogP contribution in [-0.4, -0.2) is 52.6 Å². The van der Waals surface area contributed by atoms with Gasteiger partial charge < -0.3 is 29.2 Å². The zero-order valence-electron chi connectivity index (χ0n) is 16.7. The summed E-state index contributed by atoms with van der Waals surface area (Å²) >= 11 is 0. The molecule has 1 saturated carbocycles. The van der Waals surface area contributed by atoms with Gasteiger partial charge in [0, 0.05) is 0 Å². The average molecular weight is 400 g/mol. The second-order valence-corrected chi connectivity index (χ2v) is 8.07. The van der Waals surface area contributed by atoms with Crippen molar-refractivity contribution in [1.29, 1.82) is 0 Å². The van der Waals surface area contributed by atoms with Crippen molar-refractivity contribution in [2.75, 3.05) is 0 Å². The molecule has 2 N–H and O–H groups in total. The van der Waals surface area contributed by atoms with Gasteiger partial charge in [0.25, 0.3) is 0 Å². The van der Waals surface area contributed by atoms with Gasteiger partial charge in [0.05, 0.1) is 13.2 Å². The highest BCUT2D eigenvalue weighted by Gasteiger charge is 2.58. The molecule has 1 heterocycles. The second kappa shape index (κ2) is 8.52. The molecule has 0 amide bonds. The maximum absolute atomic E-state index is 10.8. The molecule has 2 aromatic rings. The Balaban J connectivity index is 1.50. The molecule has 6 heteroatoms. The van der Waals surface area contributed by atoms with Crippen LogP contribution in [0.3, 0.4) is 0 Å². The largest absolute Gasteiger partial charge is 0.387 e. The summed E-state index contributed by atoms with van der Waals surface area (Å²) in [6.45, 7) is 4.23. The minimum atomic E-state index is -1.15. The third-order valence-electron chi connectivity index (χ3n) is 5.40. The van der Waals surface area contributed by atoms with Gasteiger partial charge in [0.2, 0.25) is 0 Å². The van der Waals surface area contributed by atoms with Crippen LogP contribution < -0.4 is 0 Å². The first kappa shape index (κ1) is 20.5. The Bertz CT molecular complexity index is 715. The first-order valence-corrected chi connectivity index (χ1v) is 9.97. The van der Waals surface area contributed by atoms with E-state index < -0.39 is 42.4 Å². The summed E-state index contributed by atoms with van der Waals surface area (Å²) in [5.41, 5.74) is 1.96. The summed E-state index contributed by atoms with van der Waals surface area (Å²) in [5, 5.41) is 21.6. The molecule has 2 aliphatic rings. The average Bonchev–Trinajstić information content (AvgIpc) is 3.04. The minimum Gasteiger partial charge on any atom is -0.387 e. The predicted octanol–water partition coefficient (Wildman–Crippen LogP) is 2.41. The van der Waals surface area contributed by atoms with Gasteiger partial charge in [-0.1, -0.05) is 60.7 Å². The number of hydrogen-bond donors (Lipinski definition) is 2. The summed E-state index contributed by atoms with van der Waals surface area (Å²) < 4.78 is 24.1. The molecular formula is C23H28O6. The monoisotopic (exact) mass is 400 g/mol. The lowest BCUT2D eigenvalue weighted by molar-refractivity contribution is -0.223. The number of benzene rings is 2. The maximum Gasteiger partial charge on any atom is 0.164 e. The van der Waals surface area contributed by atoms with E-state index in [1.807, 2.05) is 74.5 Å². The van der Waals surface area contributed by atoms with Crippen LogP contribution in [0.25, 0.3) is 0 Å². The molecule has 1 saturated heterocycles. The highest BCUT2D eigenvalue weighted by atomic mass is 16.8. The van der Waals surface area contributed by atoms with E-state index in [1.54, 1.807) is 0 Å². The fourth-order valence-electron chi connectivity index (χ4n) is 4.02. The second-order valence-electron chi connectivity index (χ2n) is 8.07. The molecule has 156 valence electrons. The van der Waals surface area contributed by atoms with Gasteiger partial charge in [-0.15, -0.1) is 0 Å². The molecule has 0 aromatic heterocycles. The van der Waals surface area contributed by atoms with Crippen LogP contribution in [0.15, 0.2) is 60.7 Å². The SMILES string of the molecule is CC1(C)O[C@@H]2[C@H](O1)[C@H](OCc1ccccc1)[C@H](O)[C@@H](O)[C@H]2OCc1ccccc1. The Morgan fingerprint density at radius 2 is 1.10 bits per heavy atom. The Morgan fingerprint density at radius 1 is 0.724 bits per heavy atom. The van der Waals surface area contributed by atoms with Crippen molar-refractivity contribution in [3.63, 3.8) is 0 Å². The summed E-state index contributed by atoms with van der Waals surface area (Å²) in [5.74, 6) is -0.859. The van der Waals surface area contributed by atoms with E-state index in [0.29, 0.717) is 13.2 Å². The first-order valence-electron chi connectivity index (χ1n) is 9.97. The molecule has 6 nitrogen and oxygen atoms in total. The van der Waals surface area contributed by atoms with E-state index in [1.165, 1.54) is 0 Å². The molecule has 2 aromatic carbocycles. The third kappa shape index (κ3) is 4.53. The summed E-state index contributed by atoms with van der Waals surface area (Å²) in [4.78, 5) is 0. The van der Waals surface area contributed by atoms with Crippen molar-refractivity contribution in [2.24, 2.45) is 0 Å². The normalized spacial score (nSPS) is 33.4. The number of aliphatic hydroxyl groups is 2. The molecule has 0 spiro atoms. The molecular weight excluding hydrogens is 372 g/mol. The maximum atomic E-state index is 10.8. The van der Waals surface area contributed by atoms with Crippen molar-refractivity contribution in [3.8, 4) is 0 Å². The van der Waals surface area contributed by atoms with E-state index in [2.05, 4.69) is 0 Å². The zero-order chi connectivity index (χ0) is 20.4. The highest BCUT2D eigenvalue weighted by molar-refractivity contribution is 5.15. The predicted molar refractivity (Wildman–Crippen MR) is 106 cm³/mol. The molecule has 0 unspecified atom stereocenters. The van der Waals surface area contributed by atoms with E-state index >= 15 is 0 Å². The number of rotatable bonds is 6. The van der Waals surface area contributed by atoms with Crippen LogP contribution in [0.2, 0.25) is 0 Å². The summed E-state index contributed by atoms with van der Waals surface area (Å²) in [7, 11) is 0. The van der Waals surface area contributed by atoms with Gasteiger partial charge >= 0.3 is 0 Å². The van der Waals surface area contributed by atoms with E-state index in [9.17, 15) is 10.2 Å². The van der Waals surface area contributed by atoms with Gasteiger partial charge in [-0.3, -0.25) is 0 Å². The van der Waals surface area contributed by atoms with Gasteiger partial charge in [-0.25, -0.2) is 0 Å². The van der Waals surface area contributed by atoms with Crippen LogP contribution in [0.5, 0.6) is 0 Å². The fraction of sp³-hybridized carbons (Fsp3) is 0.478. The molecule has 0 radical (unpaired) electrons. The Morgan fingerprint density at radius 3 is 1.48 bits per heavy atom. The minimum absolute atomic E-state index is 0.303. The summed E-state index contributed by atoms with van der Waals surface area (Å²) in [6.07, 6.45) is -4.86. The smallest absolute Gasteiger partial charge is 0.164 e. The fourth-order valence-corrected chi connectivity index (χ4v) is 4.02. The molecule has 29 heavy (non-hydrogen) atoms. The van der Waals surface area contributed by atoms with Crippen molar-refractivity contribution in [3.05, 3.63) is 71.8 Å². The molecule has 1 aliphatic carbocycles. The number of hydrogen-bond acceptors (Lipinski definition) is 6. The van der Waals surface area contributed by atoms with Crippen LogP contribution in [0, 0.1) is 0 Å². The van der Waals surface area contributed by atoms with Gasteiger partial charge in [-0.05, 0) is 25.0 Å². The van der Waals surface area contributed by atoms with Gasteiger partial charge in [0.1, 0.15) is 36.6 Å². The van der Waals surface area contributed by atoms with Crippen molar-refractivity contribution in [1.82, 2.24) is 0 Å². The van der Waals surface area contributed by atoms with E-state index in [0.717, 1.165) is 11.1 Å². The molecule has 0 bridgehead atoms. The topological polar surface area (TPSA) is 77.4 Å². The quantitative estimate of drug-likeness (QED) is 0.776. The Hall–Kier alpha value is -1.80. The van der Waals surface area contributed by atoms with Gasteiger partial charge in [-0.2, -0.15) is 0 Å². The summed E-state index contributed by atoms with van der Waals surface area (Å²) in [6, 6.07) is 19.4. The Kier molecular flexibility index (Phi) is 6.01. The van der Waals surface area contributed by atoms with E-state index in [4.69, 9.17) is 18.9 Å². The Labute approximate surface area is 171 Å². The third-order valence-corrected chi connectivity index (χ3v) is 5.40. The lowest BCUT2D eigenvalue weighted by Gasteiger charge is -2.43.